The molecule has 0 aliphatic carbocycles. The van der Waals surface area contributed by atoms with Crippen molar-refractivity contribution in [3.05, 3.63) is 42.0 Å². The second kappa shape index (κ2) is 5.20. The minimum absolute atomic E-state index is 0.00232. The number of aryl methyl sites for hydroxylation is 1. The Morgan fingerprint density at radius 1 is 1.33 bits per heavy atom. The number of hydrogen-bond donors (Lipinski definition) is 2. The highest BCUT2D eigenvalue weighted by Crippen LogP contribution is 2.30. The molecule has 106 valence electrons. The van der Waals surface area contributed by atoms with E-state index >= 15 is 0 Å². The molecule has 0 saturated heterocycles. The maximum Gasteiger partial charge on any atom is 0.275 e. The molecule has 0 saturated carbocycles. The van der Waals surface area contributed by atoms with Crippen molar-refractivity contribution >= 4 is 23.2 Å². The number of fused-ring (bicyclic) bond motifs is 1. The van der Waals surface area contributed by atoms with E-state index in [4.69, 9.17) is 4.74 Å². The van der Waals surface area contributed by atoms with Gasteiger partial charge in [-0.25, -0.2) is 4.98 Å². The maximum atomic E-state index is 12.0. The lowest BCUT2D eigenvalue weighted by Crippen LogP contribution is -2.25. The number of nitrogens with one attached hydrogen (secondary N) is 2. The lowest BCUT2D eigenvalue weighted by atomic mass is 10.2. The first-order valence-corrected chi connectivity index (χ1v) is 6.28. The highest BCUT2D eigenvalue weighted by Gasteiger charge is 2.17. The summed E-state index contributed by atoms with van der Waals surface area (Å²) in [4.78, 5) is 31.3. The van der Waals surface area contributed by atoms with Crippen LogP contribution >= 0.6 is 0 Å². The van der Waals surface area contributed by atoms with Crippen molar-refractivity contribution < 1.29 is 14.3 Å². The number of hydrogen-bond acceptors (Lipinski definition) is 5. The van der Waals surface area contributed by atoms with E-state index in [0.29, 0.717) is 17.1 Å². The highest BCUT2D eigenvalue weighted by molar-refractivity contribution is 6.03. The molecule has 0 atom stereocenters. The largest absolute Gasteiger partial charge is 0.482 e. The number of aromatic nitrogens is 2. The summed E-state index contributed by atoms with van der Waals surface area (Å²) in [5.74, 6) is -0.0244. The third kappa shape index (κ3) is 2.81. The van der Waals surface area contributed by atoms with Crippen LogP contribution in [-0.2, 0) is 4.79 Å². The third-order valence-corrected chi connectivity index (χ3v) is 2.88. The van der Waals surface area contributed by atoms with Crippen molar-refractivity contribution in [2.24, 2.45) is 0 Å². The van der Waals surface area contributed by atoms with E-state index in [1.54, 1.807) is 25.1 Å². The Morgan fingerprint density at radius 3 is 2.95 bits per heavy atom. The molecule has 1 aromatic heterocycles. The molecule has 0 spiro atoms. The minimum Gasteiger partial charge on any atom is -0.482 e. The van der Waals surface area contributed by atoms with Gasteiger partial charge in [-0.3, -0.25) is 14.6 Å². The summed E-state index contributed by atoms with van der Waals surface area (Å²) in [6, 6.07) is 5.01. The Balaban J connectivity index is 1.79. The van der Waals surface area contributed by atoms with Crippen LogP contribution < -0.4 is 15.4 Å². The van der Waals surface area contributed by atoms with Gasteiger partial charge < -0.3 is 15.4 Å². The summed E-state index contributed by atoms with van der Waals surface area (Å²) in [6.45, 7) is 1.79. The second-order valence-electron chi connectivity index (χ2n) is 4.54. The standard InChI is InChI=1S/C14H12N4O3/c1-8-5-16-11(6-15-8)14(20)17-9-2-3-12-10(4-9)18-13(19)7-21-12/h2-6H,7H2,1H3,(H,17,20)(H,18,19). The maximum absolute atomic E-state index is 12.0. The average molecular weight is 284 g/mol. The van der Waals surface area contributed by atoms with E-state index < -0.39 is 0 Å². The Morgan fingerprint density at radius 2 is 2.19 bits per heavy atom. The number of amides is 2. The van der Waals surface area contributed by atoms with Crippen LogP contribution in [0.15, 0.2) is 30.6 Å². The van der Waals surface area contributed by atoms with Gasteiger partial charge in [0, 0.05) is 11.9 Å². The van der Waals surface area contributed by atoms with Gasteiger partial charge in [-0.05, 0) is 25.1 Å². The quantitative estimate of drug-likeness (QED) is 0.868. The van der Waals surface area contributed by atoms with Gasteiger partial charge in [0.05, 0.1) is 17.6 Å². The molecule has 0 fully saturated rings. The second-order valence-corrected chi connectivity index (χ2v) is 4.54. The van der Waals surface area contributed by atoms with Crippen LogP contribution in [0.5, 0.6) is 5.75 Å². The van der Waals surface area contributed by atoms with Crippen LogP contribution in [-0.4, -0.2) is 28.4 Å². The Kier molecular flexibility index (Phi) is 3.23. The summed E-state index contributed by atoms with van der Waals surface area (Å²) >= 11 is 0. The van der Waals surface area contributed by atoms with Gasteiger partial charge in [-0.15, -0.1) is 0 Å². The summed E-state index contributed by atoms with van der Waals surface area (Å²) in [5.41, 5.74) is 2.02. The first kappa shape index (κ1) is 13.0. The van der Waals surface area contributed by atoms with Gasteiger partial charge in [0.2, 0.25) is 0 Å². The normalized spacial score (nSPS) is 12.9. The molecule has 7 nitrogen and oxygen atoms in total. The van der Waals surface area contributed by atoms with Crippen molar-refractivity contribution in [1.29, 1.82) is 0 Å². The van der Waals surface area contributed by atoms with Crippen LogP contribution in [0.1, 0.15) is 16.2 Å². The van der Waals surface area contributed by atoms with Crippen molar-refractivity contribution in [3.8, 4) is 5.75 Å². The molecule has 0 radical (unpaired) electrons. The third-order valence-electron chi connectivity index (χ3n) is 2.88. The first-order valence-electron chi connectivity index (χ1n) is 6.28. The molecule has 1 aliphatic heterocycles. The van der Waals surface area contributed by atoms with Crippen molar-refractivity contribution in [1.82, 2.24) is 9.97 Å². The molecule has 2 N–H and O–H groups in total. The fraction of sp³-hybridized carbons (Fsp3) is 0.143. The fourth-order valence-electron chi connectivity index (χ4n) is 1.87. The lowest BCUT2D eigenvalue weighted by Gasteiger charge is -2.18. The monoisotopic (exact) mass is 284 g/mol. The van der Waals surface area contributed by atoms with Gasteiger partial charge in [0.1, 0.15) is 11.4 Å². The van der Waals surface area contributed by atoms with Crippen molar-refractivity contribution in [2.75, 3.05) is 17.2 Å². The van der Waals surface area contributed by atoms with E-state index in [0.717, 1.165) is 5.69 Å². The van der Waals surface area contributed by atoms with E-state index in [1.165, 1.54) is 12.4 Å². The Hall–Kier alpha value is -2.96. The molecule has 0 bridgehead atoms. The molecule has 3 rings (SSSR count). The first-order chi connectivity index (χ1) is 10.1. The van der Waals surface area contributed by atoms with Gasteiger partial charge in [-0.1, -0.05) is 0 Å². The Labute approximate surface area is 120 Å². The number of rotatable bonds is 2. The molecule has 2 amide bonds. The van der Waals surface area contributed by atoms with E-state index in [2.05, 4.69) is 20.6 Å². The molecular formula is C14H12N4O3. The zero-order valence-electron chi connectivity index (χ0n) is 11.2. The number of ether oxygens (including phenoxy) is 1. The van der Waals surface area contributed by atoms with Crippen LogP contribution in [0.25, 0.3) is 0 Å². The van der Waals surface area contributed by atoms with E-state index in [1.807, 2.05) is 0 Å². The zero-order valence-corrected chi connectivity index (χ0v) is 11.2. The fourth-order valence-corrected chi connectivity index (χ4v) is 1.87. The summed E-state index contributed by atoms with van der Waals surface area (Å²) in [6.07, 6.45) is 2.93. The number of anilines is 2. The van der Waals surface area contributed by atoms with E-state index in [-0.39, 0.29) is 24.1 Å². The van der Waals surface area contributed by atoms with Gasteiger partial charge in [-0.2, -0.15) is 0 Å². The van der Waals surface area contributed by atoms with Gasteiger partial charge in [0.15, 0.2) is 6.61 Å². The molecule has 1 aromatic carbocycles. The van der Waals surface area contributed by atoms with Crippen LogP contribution in [0, 0.1) is 6.92 Å². The molecule has 7 heteroatoms. The van der Waals surface area contributed by atoms with Crippen LogP contribution in [0.2, 0.25) is 0 Å². The predicted octanol–water partition coefficient (Wildman–Crippen LogP) is 1.37. The molecule has 21 heavy (non-hydrogen) atoms. The Bertz CT molecular complexity index is 713. The molecule has 2 heterocycles. The number of carbonyl (C=O) groups excluding carboxylic acids is 2. The van der Waals surface area contributed by atoms with Crippen LogP contribution in [0.4, 0.5) is 11.4 Å². The average Bonchev–Trinajstić information content (AvgIpc) is 2.47. The topological polar surface area (TPSA) is 93.2 Å². The summed E-state index contributed by atoms with van der Waals surface area (Å²) < 4.78 is 5.25. The van der Waals surface area contributed by atoms with Crippen molar-refractivity contribution in [2.45, 2.75) is 6.92 Å². The molecule has 0 unspecified atom stereocenters. The van der Waals surface area contributed by atoms with Crippen LogP contribution in [0.3, 0.4) is 0 Å². The number of nitrogens with zero attached hydrogens (tertiary/aromatic N) is 2. The SMILES string of the molecule is Cc1cnc(C(=O)Nc2ccc3c(c2)NC(=O)CO3)cn1. The smallest absolute Gasteiger partial charge is 0.275 e. The van der Waals surface area contributed by atoms with Gasteiger partial charge >= 0.3 is 0 Å². The van der Waals surface area contributed by atoms with E-state index in [9.17, 15) is 9.59 Å². The molecular weight excluding hydrogens is 272 g/mol. The number of benzene rings is 1. The zero-order chi connectivity index (χ0) is 14.8. The minimum atomic E-state index is -0.370. The molecule has 1 aliphatic rings. The molecule has 2 aromatic rings. The highest BCUT2D eigenvalue weighted by atomic mass is 16.5. The number of carbonyl (C=O) groups is 2. The summed E-state index contributed by atoms with van der Waals surface area (Å²) in [7, 11) is 0. The summed E-state index contributed by atoms with van der Waals surface area (Å²) in [5, 5.41) is 5.37. The lowest BCUT2D eigenvalue weighted by molar-refractivity contribution is -0.118. The predicted molar refractivity (Wildman–Crippen MR) is 75.3 cm³/mol. The van der Waals surface area contributed by atoms with Crippen molar-refractivity contribution in [3.63, 3.8) is 0 Å². The van der Waals surface area contributed by atoms with Gasteiger partial charge in [0.25, 0.3) is 11.8 Å².